The highest BCUT2D eigenvalue weighted by atomic mass is 32.2. The van der Waals surface area contributed by atoms with Gasteiger partial charge in [0.25, 0.3) is 0 Å². The normalized spacial score (nSPS) is 21.8. The fourth-order valence-corrected chi connectivity index (χ4v) is 5.40. The number of anilines is 1. The van der Waals surface area contributed by atoms with Gasteiger partial charge in [-0.3, -0.25) is 4.79 Å². The van der Waals surface area contributed by atoms with Crippen LogP contribution in [-0.4, -0.2) is 31.4 Å². The Morgan fingerprint density at radius 1 is 1.29 bits per heavy atom. The maximum Gasteiger partial charge on any atom is 0.238 e. The van der Waals surface area contributed by atoms with Crippen molar-refractivity contribution in [3.8, 4) is 0 Å². The summed E-state index contributed by atoms with van der Waals surface area (Å²) in [6.07, 6.45) is 6.94. The molecule has 1 aromatic carbocycles. The summed E-state index contributed by atoms with van der Waals surface area (Å²) in [5, 5.41) is 5.80. The molecule has 3 rings (SSSR count). The van der Waals surface area contributed by atoms with E-state index < -0.39 is 10.0 Å². The highest BCUT2D eigenvalue weighted by molar-refractivity contribution is 8.00. The van der Waals surface area contributed by atoms with E-state index in [2.05, 4.69) is 0 Å². The molecular weight excluding hydrogens is 344 g/mol. The fourth-order valence-electron chi connectivity index (χ4n) is 3.65. The van der Waals surface area contributed by atoms with Crippen LogP contribution < -0.4 is 10.0 Å². The molecule has 7 heteroatoms. The van der Waals surface area contributed by atoms with Crippen molar-refractivity contribution in [3.63, 3.8) is 0 Å². The molecule has 2 N–H and O–H groups in total. The number of nitrogens with two attached hydrogens (primary N) is 1. The van der Waals surface area contributed by atoms with Crippen LogP contribution in [0.2, 0.25) is 0 Å². The maximum absolute atomic E-state index is 12.7. The summed E-state index contributed by atoms with van der Waals surface area (Å²) in [7, 11) is -3.71. The molecule has 0 aromatic heterocycles. The molecule has 0 bridgehead atoms. The summed E-state index contributed by atoms with van der Waals surface area (Å²) in [6.45, 7) is 2.00. The molecular formula is C17H24N2O3S2. The number of hydrogen-bond acceptors (Lipinski definition) is 4. The van der Waals surface area contributed by atoms with Gasteiger partial charge >= 0.3 is 0 Å². The molecule has 1 unspecified atom stereocenters. The second kappa shape index (κ2) is 7.06. The molecule has 1 saturated carbocycles. The maximum atomic E-state index is 12.7. The van der Waals surface area contributed by atoms with E-state index in [-0.39, 0.29) is 16.8 Å². The SMILES string of the molecule is CC1Cc2cc(S(N)(=O)=O)ccc2N1C(=O)CSC1CCCCC1. The minimum absolute atomic E-state index is 0.0511. The first kappa shape index (κ1) is 17.8. The van der Waals surface area contributed by atoms with Gasteiger partial charge in [-0.1, -0.05) is 19.3 Å². The van der Waals surface area contributed by atoms with E-state index in [1.807, 2.05) is 11.8 Å². The monoisotopic (exact) mass is 368 g/mol. The first-order valence-electron chi connectivity index (χ1n) is 8.45. The van der Waals surface area contributed by atoms with Crippen molar-refractivity contribution in [3.05, 3.63) is 23.8 Å². The Morgan fingerprint density at radius 3 is 2.67 bits per heavy atom. The number of carbonyl (C=O) groups excluding carboxylic acids is 1. The standard InChI is InChI=1S/C17H24N2O3S2/c1-12-9-13-10-15(24(18,21)22)7-8-16(13)19(12)17(20)11-23-14-5-3-2-4-6-14/h7-8,10,12,14H,2-6,9,11H2,1H3,(H2,18,21,22). The van der Waals surface area contributed by atoms with Gasteiger partial charge in [-0.2, -0.15) is 0 Å². The molecule has 1 amide bonds. The third kappa shape index (κ3) is 3.78. The number of benzene rings is 1. The summed E-state index contributed by atoms with van der Waals surface area (Å²) in [5.74, 6) is 0.603. The van der Waals surface area contributed by atoms with Gasteiger partial charge in [0.15, 0.2) is 0 Å². The summed E-state index contributed by atoms with van der Waals surface area (Å²) in [6, 6.07) is 4.85. The average Bonchev–Trinajstić information content (AvgIpc) is 2.87. The molecule has 1 fully saturated rings. The first-order chi connectivity index (χ1) is 11.4. The predicted molar refractivity (Wildman–Crippen MR) is 97.8 cm³/mol. The summed E-state index contributed by atoms with van der Waals surface area (Å²) in [4.78, 5) is 14.6. The number of thioether (sulfide) groups is 1. The zero-order chi connectivity index (χ0) is 17.3. The van der Waals surface area contributed by atoms with Gasteiger partial charge in [-0.05, 0) is 49.9 Å². The van der Waals surface area contributed by atoms with Crippen molar-refractivity contribution in [2.45, 2.75) is 61.6 Å². The molecule has 132 valence electrons. The average molecular weight is 369 g/mol. The van der Waals surface area contributed by atoms with Crippen LogP contribution in [0.4, 0.5) is 5.69 Å². The summed E-state index contributed by atoms with van der Waals surface area (Å²) >= 11 is 1.77. The van der Waals surface area contributed by atoms with E-state index in [4.69, 9.17) is 5.14 Å². The van der Waals surface area contributed by atoms with Crippen molar-refractivity contribution in [1.82, 2.24) is 0 Å². The molecule has 1 heterocycles. The van der Waals surface area contributed by atoms with E-state index >= 15 is 0 Å². The van der Waals surface area contributed by atoms with Gasteiger partial charge in [0, 0.05) is 17.0 Å². The van der Waals surface area contributed by atoms with Crippen molar-refractivity contribution in [2.24, 2.45) is 5.14 Å². The lowest BCUT2D eigenvalue weighted by Gasteiger charge is -2.25. The Hall–Kier alpha value is -1.05. The number of fused-ring (bicyclic) bond motifs is 1. The van der Waals surface area contributed by atoms with Crippen LogP contribution in [0.5, 0.6) is 0 Å². The lowest BCUT2D eigenvalue weighted by Crippen LogP contribution is -2.37. The lowest BCUT2D eigenvalue weighted by atomic mass is 10.0. The zero-order valence-corrected chi connectivity index (χ0v) is 15.5. The van der Waals surface area contributed by atoms with Crippen molar-refractivity contribution in [1.29, 1.82) is 0 Å². The minimum atomic E-state index is -3.71. The number of nitrogens with zero attached hydrogens (tertiary/aromatic N) is 1. The topological polar surface area (TPSA) is 80.5 Å². The van der Waals surface area contributed by atoms with Gasteiger partial charge in [-0.25, -0.2) is 13.6 Å². The lowest BCUT2D eigenvalue weighted by molar-refractivity contribution is -0.116. The number of carbonyl (C=O) groups is 1. The van der Waals surface area contributed by atoms with E-state index in [0.29, 0.717) is 17.4 Å². The third-order valence-electron chi connectivity index (χ3n) is 4.86. The Labute approximate surface area is 148 Å². The number of primary sulfonamides is 1. The Balaban J connectivity index is 1.72. The quantitative estimate of drug-likeness (QED) is 0.886. The van der Waals surface area contributed by atoms with E-state index in [1.54, 1.807) is 23.9 Å². The fraction of sp³-hybridized carbons (Fsp3) is 0.588. The van der Waals surface area contributed by atoms with Crippen LogP contribution in [0.15, 0.2) is 23.1 Å². The molecule has 0 spiro atoms. The van der Waals surface area contributed by atoms with Crippen molar-refractivity contribution < 1.29 is 13.2 Å². The van der Waals surface area contributed by atoms with Crippen molar-refractivity contribution >= 4 is 33.4 Å². The van der Waals surface area contributed by atoms with Crippen molar-refractivity contribution in [2.75, 3.05) is 10.7 Å². The number of sulfonamides is 1. The van der Waals surface area contributed by atoms with E-state index in [1.165, 1.54) is 38.2 Å². The molecule has 2 aliphatic rings. The smallest absolute Gasteiger partial charge is 0.238 e. The number of rotatable bonds is 4. The van der Waals surface area contributed by atoms with Gasteiger partial charge in [-0.15, -0.1) is 11.8 Å². The molecule has 0 saturated heterocycles. The third-order valence-corrected chi connectivity index (χ3v) is 7.13. The molecule has 24 heavy (non-hydrogen) atoms. The molecule has 1 aromatic rings. The van der Waals surface area contributed by atoms with Gasteiger partial charge < -0.3 is 4.90 Å². The van der Waals surface area contributed by atoms with Crippen LogP contribution in [0, 0.1) is 0 Å². The molecule has 1 atom stereocenters. The number of amides is 1. The largest absolute Gasteiger partial charge is 0.308 e. The van der Waals surface area contributed by atoms with Crippen LogP contribution in [0.25, 0.3) is 0 Å². The van der Waals surface area contributed by atoms with Gasteiger partial charge in [0.05, 0.1) is 10.6 Å². The van der Waals surface area contributed by atoms with E-state index in [9.17, 15) is 13.2 Å². The van der Waals surface area contributed by atoms with Crippen LogP contribution >= 0.6 is 11.8 Å². The van der Waals surface area contributed by atoms with Gasteiger partial charge in [0.2, 0.25) is 15.9 Å². The van der Waals surface area contributed by atoms with Crippen LogP contribution in [0.3, 0.4) is 0 Å². The van der Waals surface area contributed by atoms with Crippen LogP contribution in [0.1, 0.15) is 44.6 Å². The molecule has 1 aliphatic carbocycles. The second-order valence-electron chi connectivity index (χ2n) is 6.72. The molecule has 5 nitrogen and oxygen atoms in total. The Bertz CT molecular complexity index is 727. The molecule has 1 aliphatic heterocycles. The van der Waals surface area contributed by atoms with E-state index in [0.717, 1.165) is 11.3 Å². The highest BCUT2D eigenvalue weighted by Crippen LogP contribution is 2.35. The Morgan fingerprint density at radius 2 is 2.00 bits per heavy atom. The van der Waals surface area contributed by atoms with Crippen LogP contribution in [-0.2, 0) is 21.2 Å². The molecule has 0 radical (unpaired) electrons. The minimum Gasteiger partial charge on any atom is -0.308 e. The Kier molecular flexibility index (Phi) is 5.22. The predicted octanol–water partition coefficient (Wildman–Crippen LogP) is 2.68. The first-order valence-corrected chi connectivity index (χ1v) is 11.0. The summed E-state index contributed by atoms with van der Waals surface area (Å²) < 4.78 is 23.0. The highest BCUT2D eigenvalue weighted by Gasteiger charge is 2.32. The summed E-state index contributed by atoms with van der Waals surface area (Å²) in [5.41, 5.74) is 1.70. The second-order valence-corrected chi connectivity index (χ2v) is 9.57. The zero-order valence-electron chi connectivity index (χ0n) is 13.9. The number of hydrogen-bond donors (Lipinski definition) is 1. The van der Waals surface area contributed by atoms with Gasteiger partial charge in [0.1, 0.15) is 0 Å².